The van der Waals surface area contributed by atoms with E-state index in [-0.39, 0.29) is 22.6 Å². The highest BCUT2D eigenvalue weighted by Crippen LogP contribution is 2.27. The Hall–Kier alpha value is -0.270. The Kier molecular flexibility index (Phi) is 6.81. The number of hydrogen-bond acceptors (Lipinski definition) is 4. The largest absolute Gasteiger partial charge is 0.392 e. The van der Waals surface area contributed by atoms with E-state index in [1.54, 1.807) is 24.9 Å². The van der Waals surface area contributed by atoms with Crippen LogP contribution in [0.15, 0.2) is 23.1 Å². The predicted octanol–water partition coefficient (Wildman–Crippen LogP) is 2.59. The molecule has 0 saturated heterocycles. The van der Waals surface area contributed by atoms with Crippen LogP contribution in [0.4, 0.5) is 0 Å². The summed E-state index contributed by atoms with van der Waals surface area (Å²) in [4.78, 5) is 0.0489. The van der Waals surface area contributed by atoms with E-state index < -0.39 is 10.0 Å². The molecule has 7 heteroatoms. The van der Waals surface area contributed by atoms with Crippen molar-refractivity contribution in [3.8, 4) is 0 Å². The number of hydrogen-bond donors (Lipinski definition) is 1. The highest BCUT2D eigenvalue weighted by molar-refractivity contribution is 7.98. The number of benzene rings is 1. The van der Waals surface area contributed by atoms with Crippen LogP contribution < -0.4 is 0 Å². The summed E-state index contributed by atoms with van der Waals surface area (Å²) in [7, 11) is -2.09. The maximum absolute atomic E-state index is 12.6. The summed E-state index contributed by atoms with van der Waals surface area (Å²) >= 11 is 7.62. The minimum Gasteiger partial charge on any atom is -0.392 e. The highest BCUT2D eigenvalue weighted by atomic mass is 35.5. The number of rotatable bonds is 7. The van der Waals surface area contributed by atoms with Crippen LogP contribution in [0.25, 0.3) is 0 Å². The lowest BCUT2D eigenvalue weighted by atomic mass is 10.2. The fourth-order valence-electron chi connectivity index (χ4n) is 1.87. The maximum Gasteiger partial charge on any atom is 0.244 e. The van der Waals surface area contributed by atoms with Crippen molar-refractivity contribution in [2.75, 3.05) is 19.1 Å². The standard InChI is InChI=1S/C13H20ClNO3S2/c1-4-11(9-19-3)15(2)20(17,18)13-7-10(8-16)5-6-12(13)14/h5-7,11,16H,4,8-9H2,1-3H3. The quantitative estimate of drug-likeness (QED) is 0.831. The molecule has 0 bridgehead atoms. The van der Waals surface area contributed by atoms with Gasteiger partial charge in [-0.15, -0.1) is 0 Å². The summed E-state index contributed by atoms with van der Waals surface area (Å²) in [6.45, 7) is 1.74. The summed E-state index contributed by atoms with van der Waals surface area (Å²) in [6, 6.07) is 4.47. The van der Waals surface area contributed by atoms with Gasteiger partial charge in [-0.2, -0.15) is 16.1 Å². The number of thioether (sulfide) groups is 1. The van der Waals surface area contributed by atoms with E-state index in [1.165, 1.54) is 16.4 Å². The van der Waals surface area contributed by atoms with Crippen molar-refractivity contribution in [3.05, 3.63) is 28.8 Å². The van der Waals surface area contributed by atoms with Gasteiger partial charge in [-0.3, -0.25) is 0 Å². The summed E-state index contributed by atoms with van der Waals surface area (Å²) in [5.74, 6) is 0.726. The van der Waals surface area contributed by atoms with E-state index in [1.807, 2.05) is 13.2 Å². The van der Waals surface area contributed by atoms with Gasteiger partial charge in [0.1, 0.15) is 4.90 Å². The van der Waals surface area contributed by atoms with E-state index in [4.69, 9.17) is 16.7 Å². The van der Waals surface area contributed by atoms with Gasteiger partial charge >= 0.3 is 0 Å². The average Bonchev–Trinajstić information content (AvgIpc) is 2.44. The van der Waals surface area contributed by atoms with Gasteiger partial charge in [-0.25, -0.2) is 8.42 Å². The number of nitrogens with zero attached hydrogens (tertiary/aromatic N) is 1. The molecule has 0 aliphatic rings. The average molecular weight is 338 g/mol. The normalized spacial score (nSPS) is 13.7. The Morgan fingerprint density at radius 3 is 2.60 bits per heavy atom. The van der Waals surface area contributed by atoms with Gasteiger partial charge in [0, 0.05) is 18.8 Å². The second-order valence-electron chi connectivity index (χ2n) is 4.46. The molecule has 1 aromatic rings. The van der Waals surface area contributed by atoms with Crippen LogP contribution in [0.2, 0.25) is 5.02 Å². The van der Waals surface area contributed by atoms with Crippen molar-refractivity contribution in [3.63, 3.8) is 0 Å². The molecule has 0 fully saturated rings. The second-order valence-corrected chi connectivity index (χ2v) is 7.75. The fraction of sp³-hybridized carbons (Fsp3) is 0.538. The van der Waals surface area contributed by atoms with Crippen LogP contribution in [-0.4, -0.2) is 42.9 Å². The number of halogens is 1. The molecule has 1 N–H and O–H groups in total. The first-order valence-electron chi connectivity index (χ1n) is 6.24. The predicted molar refractivity (Wildman–Crippen MR) is 84.8 cm³/mol. The van der Waals surface area contributed by atoms with Crippen LogP contribution in [0.1, 0.15) is 18.9 Å². The first-order chi connectivity index (χ1) is 9.38. The topological polar surface area (TPSA) is 57.6 Å². The van der Waals surface area contributed by atoms with Crippen LogP contribution in [-0.2, 0) is 16.6 Å². The molecular weight excluding hydrogens is 318 g/mol. The van der Waals surface area contributed by atoms with Crippen molar-refractivity contribution >= 4 is 33.4 Å². The van der Waals surface area contributed by atoms with Gasteiger partial charge in [-0.05, 0) is 30.4 Å². The maximum atomic E-state index is 12.6. The molecule has 0 spiro atoms. The van der Waals surface area contributed by atoms with E-state index >= 15 is 0 Å². The highest BCUT2D eigenvalue weighted by Gasteiger charge is 2.28. The lowest BCUT2D eigenvalue weighted by molar-refractivity contribution is 0.281. The van der Waals surface area contributed by atoms with E-state index in [9.17, 15) is 8.42 Å². The number of sulfonamides is 1. The van der Waals surface area contributed by atoms with Crippen molar-refractivity contribution in [2.45, 2.75) is 30.9 Å². The summed E-state index contributed by atoms with van der Waals surface area (Å²) < 4.78 is 26.7. The van der Waals surface area contributed by atoms with Gasteiger partial charge < -0.3 is 5.11 Å². The van der Waals surface area contributed by atoms with Crippen LogP contribution in [0.3, 0.4) is 0 Å². The zero-order valence-corrected chi connectivity index (χ0v) is 14.2. The molecule has 0 amide bonds. The molecule has 0 heterocycles. The minimum absolute atomic E-state index is 0.0489. The molecule has 20 heavy (non-hydrogen) atoms. The van der Waals surface area contributed by atoms with Crippen molar-refractivity contribution in [1.29, 1.82) is 0 Å². The smallest absolute Gasteiger partial charge is 0.244 e. The summed E-state index contributed by atoms with van der Waals surface area (Å²) in [5, 5.41) is 9.32. The van der Waals surface area contributed by atoms with E-state index in [0.29, 0.717) is 5.56 Å². The van der Waals surface area contributed by atoms with Crippen LogP contribution >= 0.6 is 23.4 Å². The monoisotopic (exact) mass is 337 g/mol. The summed E-state index contributed by atoms with van der Waals surface area (Å²) in [6.07, 6.45) is 2.68. The Morgan fingerprint density at radius 1 is 1.45 bits per heavy atom. The first-order valence-corrected chi connectivity index (χ1v) is 9.45. The minimum atomic E-state index is -3.66. The molecule has 0 radical (unpaired) electrons. The third kappa shape index (κ3) is 3.89. The van der Waals surface area contributed by atoms with Crippen molar-refractivity contribution in [2.24, 2.45) is 0 Å². The Balaban J connectivity index is 3.21. The van der Waals surface area contributed by atoms with Gasteiger partial charge in [0.15, 0.2) is 0 Å². The molecule has 1 rings (SSSR count). The van der Waals surface area contributed by atoms with E-state index in [0.717, 1.165) is 12.2 Å². The Morgan fingerprint density at radius 2 is 2.10 bits per heavy atom. The fourth-order valence-corrected chi connectivity index (χ4v) is 4.76. The first kappa shape index (κ1) is 17.8. The lowest BCUT2D eigenvalue weighted by Crippen LogP contribution is -2.38. The molecule has 1 atom stereocenters. The van der Waals surface area contributed by atoms with Gasteiger partial charge in [-0.1, -0.05) is 24.6 Å². The van der Waals surface area contributed by atoms with Crippen molar-refractivity contribution < 1.29 is 13.5 Å². The molecule has 4 nitrogen and oxygen atoms in total. The molecule has 0 aliphatic heterocycles. The van der Waals surface area contributed by atoms with Gasteiger partial charge in [0.25, 0.3) is 0 Å². The summed E-state index contributed by atoms with van der Waals surface area (Å²) in [5.41, 5.74) is 0.527. The third-order valence-corrected chi connectivity index (χ3v) is 6.29. The van der Waals surface area contributed by atoms with Gasteiger partial charge in [0.2, 0.25) is 10.0 Å². The van der Waals surface area contributed by atoms with Crippen molar-refractivity contribution in [1.82, 2.24) is 4.31 Å². The third-order valence-electron chi connectivity index (χ3n) is 3.18. The van der Waals surface area contributed by atoms with Crippen LogP contribution in [0, 0.1) is 0 Å². The zero-order valence-electron chi connectivity index (χ0n) is 11.8. The Bertz CT molecular complexity index is 549. The SMILES string of the molecule is CCC(CSC)N(C)S(=O)(=O)c1cc(CO)ccc1Cl. The van der Waals surface area contributed by atoms with Crippen LogP contribution in [0.5, 0.6) is 0 Å². The molecule has 0 aliphatic carbocycles. The second kappa shape index (κ2) is 7.66. The molecule has 1 aromatic carbocycles. The lowest BCUT2D eigenvalue weighted by Gasteiger charge is -2.26. The zero-order chi connectivity index (χ0) is 15.3. The molecule has 114 valence electrons. The number of aliphatic hydroxyl groups is 1. The molecular formula is C13H20ClNO3S2. The van der Waals surface area contributed by atoms with Gasteiger partial charge in [0.05, 0.1) is 11.6 Å². The molecule has 1 unspecified atom stereocenters. The molecule has 0 aromatic heterocycles. The molecule has 0 saturated carbocycles. The Labute approximate surface area is 130 Å². The van der Waals surface area contributed by atoms with E-state index in [2.05, 4.69) is 0 Å². The number of aliphatic hydroxyl groups excluding tert-OH is 1.